The van der Waals surface area contributed by atoms with Gasteiger partial charge in [0.1, 0.15) is 17.4 Å². The van der Waals surface area contributed by atoms with Crippen molar-refractivity contribution < 1.29 is 33.6 Å². The number of aromatic amines is 1. The van der Waals surface area contributed by atoms with Gasteiger partial charge in [-0.1, -0.05) is 54.6 Å². The van der Waals surface area contributed by atoms with Gasteiger partial charge in [-0.3, -0.25) is 9.59 Å². The van der Waals surface area contributed by atoms with Crippen LogP contribution in [0.15, 0.2) is 128 Å². The first kappa shape index (κ1) is 34.1. The third kappa shape index (κ3) is 8.26. The predicted molar refractivity (Wildman–Crippen MR) is 189 cm³/mol. The summed E-state index contributed by atoms with van der Waals surface area (Å²) in [5, 5.41) is 21.2. The van der Waals surface area contributed by atoms with Crippen LogP contribution in [0.4, 0.5) is 0 Å². The van der Waals surface area contributed by atoms with Crippen molar-refractivity contribution in [3.8, 4) is 16.9 Å². The number of esters is 1. The Hall–Kier alpha value is -6.82. The molecule has 3 aromatic carbocycles. The minimum Gasteiger partial charge on any atom is -0.480 e. The monoisotopic (exact) mass is 683 g/mol. The lowest BCUT2D eigenvalue weighted by molar-refractivity contribution is -0.685. The molecule has 12 nitrogen and oxygen atoms in total. The van der Waals surface area contributed by atoms with Gasteiger partial charge in [-0.25, -0.2) is 14.3 Å². The number of hydrogen-bond donors (Lipinski definition) is 4. The summed E-state index contributed by atoms with van der Waals surface area (Å²) in [5.41, 5.74) is 3.87. The maximum atomic E-state index is 14.0. The fraction of sp³-hybridized carbons (Fsp3) is 0.128. The number of aliphatic carboxylic acids is 1. The number of amides is 2. The number of para-hydroxylation sites is 2. The number of hydrogen-bond acceptors (Lipinski definition) is 6. The van der Waals surface area contributed by atoms with Crippen LogP contribution in [0.2, 0.25) is 0 Å². The molecule has 0 spiro atoms. The summed E-state index contributed by atoms with van der Waals surface area (Å²) in [7, 11) is 0. The lowest BCUT2D eigenvalue weighted by Crippen LogP contribution is -2.45. The van der Waals surface area contributed by atoms with Crippen LogP contribution >= 0.6 is 0 Å². The Morgan fingerprint density at radius 1 is 0.961 bits per heavy atom. The molecule has 0 saturated heterocycles. The number of carboxylic acid groups (broad SMARTS) is 1. The maximum absolute atomic E-state index is 14.0. The number of H-pyrrole nitrogens is 1. The first-order valence-corrected chi connectivity index (χ1v) is 16.3. The highest BCUT2D eigenvalue weighted by atomic mass is 16.5. The Balaban J connectivity index is 1.40. The fourth-order valence-electron chi connectivity index (χ4n) is 5.60. The minimum atomic E-state index is -1.32. The van der Waals surface area contributed by atoms with Crippen LogP contribution in [0.1, 0.15) is 28.4 Å². The summed E-state index contributed by atoms with van der Waals surface area (Å²) in [4.78, 5) is 55.3. The van der Waals surface area contributed by atoms with Crippen molar-refractivity contribution >= 4 is 40.7 Å². The highest BCUT2D eigenvalue weighted by molar-refractivity contribution is 6.06. The number of benzene rings is 3. The van der Waals surface area contributed by atoms with E-state index in [1.807, 2.05) is 54.6 Å². The van der Waals surface area contributed by atoms with E-state index in [9.17, 15) is 24.3 Å². The molecule has 51 heavy (non-hydrogen) atoms. The molecule has 2 amide bonds. The predicted octanol–water partition coefficient (Wildman–Crippen LogP) is 4.45. The molecule has 0 saturated carbocycles. The molecule has 3 heterocycles. The van der Waals surface area contributed by atoms with Crippen molar-refractivity contribution in [2.45, 2.75) is 25.9 Å². The van der Waals surface area contributed by atoms with Crippen molar-refractivity contribution in [2.24, 2.45) is 0 Å². The quantitative estimate of drug-likeness (QED) is 0.0795. The third-order valence-electron chi connectivity index (χ3n) is 8.04. The molecule has 0 bridgehead atoms. The molecule has 6 rings (SSSR count). The molecule has 12 heteroatoms. The number of nitrogens with one attached hydrogen (secondary N) is 3. The van der Waals surface area contributed by atoms with Gasteiger partial charge < -0.3 is 25.5 Å². The average molecular weight is 684 g/mol. The Morgan fingerprint density at radius 2 is 1.69 bits per heavy atom. The average Bonchev–Trinajstić information content (AvgIpc) is 3.76. The van der Waals surface area contributed by atoms with E-state index < -0.39 is 29.8 Å². The zero-order chi connectivity index (χ0) is 35.7. The third-order valence-corrected chi connectivity index (χ3v) is 8.04. The normalized spacial score (nSPS) is 11.9. The fourth-order valence-corrected chi connectivity index (χ4v) is 5.60. The van der Waals surface area contributed by atoms with E-state index in [-0.39, 0.29) is 25.3 Å². The Bertz CT molecular complexity index is 2220. The molecule has 256 valence electrons. The Labute approximate surface area is 293 Å². The number of rotatable bonds is 13. The number of nitrogens with zero attached hydrogens (tertiary/aromatic N) is 3. The second-order valence-corrected chi connectivity index (χ2v) is 11.6. The molecule has 0 aliphatic carbocycles. The van der Waals surface area contributed by atoms with Gasteiger partial charge in [0.25, 0.3) is 11.8 Å². The number of carbonyl (C=O) groups excluding carboxylic acids is 3. The molecular weight excluding hydrogens is 648 g/mol. The van der Waals surface area contributed by atoms with E-state index in [0.29, 0.717) is 27.9 Å². The van der Waals surface area contributed by atoms with Gasteiger partial charge in [0, 0.05) is 46.9 Å². The number of carboxylic acids is 1. The van der Waals surface area contributed by atoms with Gasteiger partial charge in [0.05, 0.1) is 17.9 Å². The topological polar surface area (TPSA) is 159 Å². The summed E-state index contributed by atoms with van der Waals surface area (Å²) in [6.45, 7) is 1.96. The number of carbonyl (C=O) groups is 4. The lowest BCUT2D eigenvalue weighted by Gasteiger charge is -2.17. The summed E-state index contributed by atoms with van der Waals surface area (Å²) in [6, 6.07) is 27.4. The minimum absolute atomic E-state index is 0.00727. The standard InChI is InChI=1S/C39H34N6O6/c1-2-51-35(46)25-44-19-11-14-27(23-44)36-29(24-45(43-36)30-15-7-4-8-16-30)21-33(41-37(47)26-12-5-3-6-13-26)38(48)42-34(39(49)50)20-28-22-40-32-18-10-9-17-31(28)32/h3-19,21-24,34,40H,2,20,25H2,1H3,(H2-,41,42,47,48,49,50)/p+1. The Kier molecular flexibility index (Phi) is 10.4. The number of fused-ring (bicyclic) bond motifs is 1. The van der Waals surface area contributed by atoms with Crippen molar-refractivity contribution in [1.82, 2.24) is 25.4 Å². The highest BCUT2D eigenvalue weighted by Crippen LogP contribution is 2.25. The molecular formula is C39H35N6O6+. The molecule has 3 aromatic heterocycles. The van der Waals surface area contributed by atoms with E-state index in [1.54, 1.807) is 83.4 Å². The SMILES string of the molecule is CCOC(=O)C[n+]1cccc(-c2nn(-c3ccccc3)cc2C=C(NC(=O)c2ccccc2)C(=O)NC(Cc2c[nH]c3ccccc23)C(=O)O)c1. The Morgan fingerprint density at radius 3 is 2.43 bits per heavy atom. The smallest absolute Gasteiger partial charge is 0.372 e. The molecule has 0 aliphatic rings. The van der Waals surface area contributed by atoms with Crippen LogP contribution < -0.4 is 15.2 Å². The van der Waals surface area contributed by atoms with Crippen LogP contribution in [-0.2, 0) is 32.1 Å². The van der Waals surface area contributed by atoms with E-state index in [2.05, 4.69) is 15.6 Å². The van der Waals surface area contributed by atoms with E-state index in [0.717, 1.165) is 16.6 Å². The van der Waals surface area contributed by atoms with Gasteiger partial charge in [0.15, 0.2) is 12.4 Å². The second-order valence-electron chi connectivity index (χ2n) is 11.6. The van der Waals surface area contributed by atoms with Crippen LogP contribution in [0.5, 0.6) is 0 Å². The van der Waals surface area contributed by atoms with Crippen molar-refractivity contribution in [1.29, 1.82) is 0 Å². The zero-order valence-electron chi connectivity index (χ0n) is 27.7. The first-order valence-electron chi connectivity index (χ1n) is 16.3. The molecule has 0 radical (unpaired) electrons. The van der Waals surface area contributed by atoms with E-state index in [4.69, 9.17) is 9.84 Å². The van der Waals surface area contributed by atoms with Crippen molar-refractivity contribution in [3.05, 3.63) is 144 Å². The molecule has 4 N–H and O–H groups in total. The molecule has 0 fully saturated rings. The van der Waals surface area contributed by atoms with Gasteiger partial charge in [-0.05, 0) is 55.0 Å². The van der Waals surface area contributed by atoms with E-state index >= 15 is 0 Å². The summed E-state index contributed by atoms with van der Waals surface area (Å²) in [6.07, 6.45) is 8.34. The summed E-state index contributed by atoms with van der Waals surface area (Å²) < 4.78 is 8.41. The molecule has 6 aromatic rings. The molecule has 1 unspecified atom stereocenters. The van der Waals surface area contributed by atoms with Crippen LogP contribution in [0.3, 0.4) is 0 Å². The largest absolute Gasteiger partial charge is 0.480 e. The maximum Gasteiger partial charge on any atom is 0.372 e. The van der Waals surface area contributed by atoms with Gasteiger partial charge in [-0.15, -0.1) is 0 Å². The second kappa shape index (κ2) is 15.6. The van der Waals surface area contributed by atoms with Gasteiger partial charge >= 0.3 is 11.9 Å². The van der Waals surface area contributed by atoms with Crippen LogP contribution in [-0.4, -0.2) is 56.3 Å². The number of ether oxygens (including phenoxy) is 1. The summed E-state index contributed by atoms with van der Waals surface area (Å²) >= 11 is 0. The van der Waals surface area contributed by atoms with Crippen molar-refractivity contribution in [2.75, 3.05) is 6.61 Å². The van der Waals surface area contributed by atoms with Gasteiger partial charge in [0.2, 0.25) is 6.54 Å². The zero-order valence-corrected chi connectivity index (χ0v) is 27.7. The van der Waals surface area contributed by atoms with Gasteiger partial charge in [-0.2, -0.15) is 9.67 Å². The summed E-state index contributed by atoms with van der Waals surface area (Å²) in [5.74, 6) is -3.02. The highest BCUT2D eigenvalue weighted by Gasteiger charge is 2.26. The van der Waals surface area contributed by atoms with Crippen molar-refractivity contribution in [3.63, 3.8) is 0 Å². The first-order chi connectivity index (χ1) is 24.8. The molecule has 0 aliphatic heterocycles. The number of pyridine rings is 1. The lowest BCUT2D eigenvalue weighted by atomic mass is 10.0. The number of aromatic nitrogens is 4. The molecule has 1 atom stereocenters. The van der Waals surface area contributed by atoms with E-state index in [1.165, 1.54) is 6.08 Å². The van der Waals surface area contributed by atoms with Crippen LogP contribution in [0, 0.1) is 0 Å². The van der Waals surface area contributed by atoms with Crippen LogP contribution in [0.25, 0.3) is 33.9 Å².